The summed E-state index contributed by atoms with van der Waals surface area (Å²) in [6.45, 7) is 2.39. The van der Waals surface area contributed by atoms with Crippen LogP contribution in [0.1, 0.15) is 36.8 Å². The third kappa shape index (κ3) is 3.27. The number of alkyl halides is 2. The van der Waals surface area contributed by atoms with E-state index < -0.39 is 6.43 Å². The molecule has 0 radical (unpaired) electrons. The summed E-state index contributed by atoms with van der Waals surface area (Å²) in [5.41, 5.74) is 6.82. The van der Waals surface area contributed by atoms with Crippen LogP contribution in [0.3, 0.4) is 0 Å². The largest absolute Gasteiger partial charge is 0.329 e. The molecule has 0 spiro atoms. The van der Waals surface area contributed by atoms with Gasteiger partial charge in [0.1, 0.15) is 0 Å². The van der Waals surface area contributed by atoms with Gasteiger partial charge in [-0.3, -0.25) is 4.90 Å². The molecule has 1 aromatic carbocycles. The molecule has 1 fully saturated rings. The van der Waals surface area contributed by atoms with E-state index in [0.717, 1.165) is 25.1 Å². The van der Waals surface area contributed by atoms with Gasteiger partial charge in [-0.1, -0.05) is 24.6 Å². The summed E-state index contributed by atoms with van der Waals surface area (Å²) in [6.07, 6.45) is 1.11. The molecule has 0 aliphatic carbocycles. The molecular formula is C14H20F2N2. The van der Waals surface area contributed by atoms with E-state index in [9.17, 15) is 8.78 Å². The lowest BCUT2D eigenvalue weighted by atomic mass is 10.0. The second-order valence-electron chi connectivity index (χ2n) is 4.90. The van der Waals surface area contributed by atoms with Crippen molar-refractivity contribution in [2.45, 2.75) is 38.3 Å². The predicted molar refractivity (Wildman–Crippen MR) is 68.5 cm³/mol. The van der Waals surface area contributed by atoms with Crippen LogP contribution in [0.15, 0.2) is 24.3 Å². The van der Waals surface area contributed by atoms with Gasteiger partial charge in [-0.05, 0) is 31.0 Å². The van der Waals surface area contributed by atoms with E-state index in [1.165, 1.54) is 18.9 Å². The normalized spacial score (nSPS) is 21.4. The van der Waals surface area contributed by atoms with Gasteiger partial charge in [0.15, 0.2) is 0 Å². The number of hydrogen-bond donors (Lipinski definition) is 1. The van der Waals surface area contributed by atoms with Crippen LogP contribution in [0.4, 0.5) is 8.78 Å². The zero-order valence-electron chi connectivity index (χ0n) is 10.5. The number of nitrogens with zero attached hydrogens (tertiary/aromatic N) is 1. The van der Waals surface area contributed by atoms with Crippen molar-refractivity contribution in [1.82, 2.24) is 4.90 Å². The fourth-order valence-electron chi connectivity index (χ4n) is 2.60. The number of hydrogen-bond acceptors (Lipinski definition) is 2. The van der Waals surface area contributed by atoms with Crippen molar-refractivity contribution in [1.29, 1.82) is 0 Å². The van der Waals surface area contributed by atoms with Crippen LogP contribution in [-0.2, 0) is 6.54 Å². The van der Waals surface area contributed by atoms with Crippen molar-refractivity contribution in [3.05, 3.63) is 35.4 Å². The van der Waals surface area contributed by atoms with Gasteiger partial charge in [-0.25, -0.2) is 8.78 Å². The number of benzene rings is 1. The Morgan fingerprint density at radius 3 is 2.89 bits per heavy atom. The van der Waals surface area contributed by atoms with Crippen molar-refractivity contribution in [3.8, 4) is 0 Å². The summed E-state index contributed by atoms with van der Waals surface area (Å²) in [4.78, 5) is 2.31. The Bertz CT molecular complexity index is 382. The number of piperidine rings is 1. The summed E-state index contributed by atoms with van der Waals surface area (Å²) in [7, 11) is 0. The van der Waals surface area contributed by atoms with Crippen LogP contribution >= 0.6 is 0 Å². The molecule has 0 bridgehead atoms. The molecule has 1 aliphatic rings. The van der Waals surface area contributed by atoms with E-state index in [1.807, 2.05) is 6.07 Å². The molecule has 0 saturated carbocycles. The highest BCUT2D eigenvalue weighted by molar-refractivity contribution is 5.24. The van der Waals surface area contributed by atoms with Gasteiger partial charge in [-0.15, -0.1) is 0 Å². The Morgan fingerprint density at radius 1 is 1.33 bits per heavy atom. The molecule has 1 unspecified atom stereocenters. The molecule has 1 aromatic rings. The van der Waals surface area contributed by atoms with E-state index >= 15 is 0 Å². The van der Waals surface area contributed by atoms with Crippen LogP contribution in [0, 0.1) is 0 Å². The molecule has 1 heterocycles. The topological polar surface area (TPSA) is 29.3 Å². The first-order chi connectivity index (χ1) is 8.70. The van der Waals surface area contributed by atoms with Crippen molar-refractivity contribution in [2.75, 3.05) is 13.1 Å². The molecule has 0 aromatic heterocycles. The number of likely N-dealkylation sites (tertiary alicyclic amines) is 1. The van der Waals surface area contributed by atoms with Gasteiger partial charge in [0, 0.05) is 24.7 Å². The number of halogens is 2. The average Bonchev–Trinajstić information content (AvgIpc) is 2.39. The molecule has 2 nitrogen and oxygen atoms in total. The molecule has 4 heteroatoms. The molecule has 2 rings (SSSR count). The van der Waals surface area contributed by atoms with Crippen LogP contribution in [-0.4, -0.2) is 24.0 Å². The molecule has 18 heavy (non-hydrogen) atoms. The smallest absolute Gasteiger partial charge is 0.263 e. The van der Waals surface area contributed by atoms with E-state index in [-0.39, 0.29) is 5.56 Å². The summed E-state index contributed by atoms with van der Waals surface area (Å²) in [6, 6.07) is 7.10. The van der Waals surface area contributed by atoms with Gasteiger partial charge in [0.2, 0.25) is 0 Å². The van der Waals surface area contributed by atoms with Gasteiger partial charge in [0.05, 0.1) is 0 Å². The minimum Gasteiger partial charge on any atom is -0.329 e. The van der Waals surface area contributed by atoms with Gasteiger partial charge in [-0.2, -0.15) is 0 Å². The van der Waals surface area contributed by atoms with Crippen molar-refractivity contribution in [2.24, 2.45) is 5.73 Å². The van der Waals surface area contributed by atoms with Crippen LogP contribution in [0.5, 0.6) is 0 Å². The second-order valence-corrected chi connectivity index (χ2v) is 4.90. The maximum atomic E-state index is 12.6. The fraction of sp³-hybridized carbons (Fsp3) is 0.571. The molecule has 0 amide bonds. The summed E-state index contributed by atoms with van der Waals surface area (Å²) in [5.74, 6) is 0. The Kier molecular flexibility index (Phi) is 4.66. The monoisotopic (exact) mass is 254 g/mol. The van der Waals surface area contributed by atoms with Crippen molar-refractivity contribution < 1.29 is 8.78 Å². The third-order valence-electron chi connectivity index (χ3n) is 3.61. The predicted octanol–water partition coefficient (Wildman–Crippen LogP) is 2.94. The van der Waals surface area contributed by atoms with E-state index in [4.69, 9.17) is 5.73 Å². The third-order valence-corrected chi connectivity index (χ3v) is 3.61. The van der Waals surface area contributed by atoms with Crippen LogP contribution in [0.2, 0.25) is 0 Å². The van der Waals surface area contributed by atoms with E-state index in [1.54, 1.807) is 12.1 Å². The number of nitrogens with two attached hydrogens (primary N) is 1. The fourth-order valence-corrected chi connectivity index (χ4v) is 2.60. The minimum absolute atomic E-state index is 0.105. The maximum Gasteiger partial charge on any atom is 0.263 e. The SMILES string of the molecule is NCC1CCCCN1Cc1cccc(C(F)F)c1. The van der Waals surface area contributed by atoms with Gasteiger partial charge in [0.25, 0.3) is 6.43 Å². The van der Waals surface area contributed by atoms with Gasteiger partial charge >= 0.3 is 0 Å². The van der Waals surface area contributed by atoms with Gasteiger partial charge < -0.3 is 5.73 Å². The molecule has 1 saturated heterocycles. The van der Waals surface area contributed by atoms with Crippen molar-refractivity contribution >= 4 is 0 Å². The zero-order chi connectivity index (χ0) is 13.0. The standard InChI is InChI=1S/C14H20F2N2/c15-14(16)12-5-3-4-11(8-12)10-18-7-2-1-6-13(18)9-17/h3-5,8,13-14H,1-2,6-7,9-10,17H2. The Morgan fingerprint density at radius 2 is 2.17 bits per heavy atom. The van der Waals surface area contributed by atoms with E-state index in [2.05, 4.69) is 4.90 Å². The molecule has 100 valence electrons. The Labute approximate surface area is 107 Å². The number of rotatable bonds is 4. The lowest BCUT2D eigenvalue weighted by molar-refractivity contribution is 0.142. The van der Waals surface area contributed by atoms with Crippen LogP contribution in [0.25, 0.3) is 0 Å². The highest BCUT2D eigenvalue weighted by Gasteiger charge is 2.21. The first-order valence-corrected chi connectivity index (χ1v) is 6.52. The first-order valence-electron chi connectivity index (χ1n) is 6.52. The summed E-state index contributed by atoms with van der Waals surface area (Å²) in [5, 5.41) is 0. The molecule has 1 atom stereocenters. The highest BCUT2D eigenvalue weighted by atomic mass is 19.3. The Hall–Kier alpha value is -1.00. The van der Waals surface area contributed by atoms with Crippen molar-refractivity contribution in [3.63, 3.8) is 0 Å². The minimum atomic E-state index is -2.39. The summed E-state index contributed by atoms with van der Waals surface area (Å²) < 4.78 is 25.3. The second kappa shape index (κ2) is 6.25. The van der Waals surface area contributed by atoms with Crippen LogP contribution < -0.4 is 5.73 Å². The summed E-state index contributed by atoms with van der Waals surface area (Å²) >= 11 is 0. The maximum absolute atomic E-state index is 12.6. The van der Waals surface area contributed by atoms with E-state index in [0.29, 0.717) is 12.6 Å². The lowest BCUT2D eigenvalue weighted by Gasteiger charge is -2.35. The zero-order valence-corrected chi connectivity index (χ0v) is 10.5. The lowest BCUT2D eigenvalue weighted by Crippen LogP contribution is -2.43. The Balaban J connectivity index is 2.05. The molecule has 1 aliphatic heterocycles. The quantitative estimate of drug-likeness (QED) is 0.895. The first kappa shape index (κ1) is 13.4. The molecule has 2 N–H and O–H groups in total. The highest BCUT2D eigenvalue weighted by Crippen LogP contribution is 2.22. The molecular weight excluding hydrogens is 234 g/mol. The average molecular weight is 254 g/mol.